The van der Waals surface area contributed by atoms with E-state index in [-0.39, 0.29) is 5.57 Å². The molecule has 0 aliphatic rings. The van der Waals surface area contributed by atoms with Gasteiger partial charge in [-0.05, 0) is 24.3 Å². The zero-order valence-electron chi connectivity index (χ0n) is 9.71. The summed E-state index contributed by atoms with van der Waals surface area (Å²) >= 11 is 5.69. The molecule has 19 heavy (non-hydrogen) atoms. The van der Waals surface area contributed by atoms with E-state index in [4.69, 9.17) is 11.6 Å². The fourth-order valence-electron chi connectivity index (χ4n) is 1.22. The first-order chi connectivity index (χ1) is 8.90. The quantitative estimate of drug-likeness (QED) is 0.491. The molecule has 1 N–H and O–H groups in total. The molecule has 0 saturated heterocycles. The summed E-state index contributed by atoms with van der Waals surface area (Å²) in [6.07, 6.45) is 1.06. The maximum absolute atomic E-state index is 10.8. The first-order valence-electron chi connectivity index (χ1n) is 5.06. The monoisotopic (exact) mass is 283 g/mol. The van der Waals surface area contributed by atoms with Crippen molar-refractivity contribution in [1.82, 2.24) is 0 Å². The number of rotatable bonds is 6. The second-order valence-corrected chi connectivity index (χ2v) is 3.97. The van der Waals surface area contributed by atoms with Crippen LogP contribution in [0, 0.1) is 20.2 Å². The van der Waals surface area contributed by atoms with Crippen LogP contribution in [-0.4, -0.2) is 16.4 Å². The van der Waals surface area contributed by atoms with Crippen molar-refractivity contribution in [3.63, 3.8) is 0 Å². The molecule has 0 heterocycles. The van der Waals surface area contributed by atoms with Gasteiger partial charge in [0.2, 0.25) is 6.54 Å². The molecule has 0 fully saturated rings. The summed E-state index contributed by atoms with van der Waals surface area (Å²) in [5, 5.41) is 24.3. The Morgan fingerprint density at radius 2 is 1.89 bits per heavy atom. The Balaban J connectivity index is 2.84. The maximum Gasteiger partial charge on any atom is 0.294 e. The van der Waals surface area contributed by atoms with Gasteiger partial charge in [0.1, 0.15) is 0 Å². The highest BCUT2D eigenvalue weighted by Gasteiger charge is 2.19. The first-order valence-corrected chi connectivity index (χ1v) is 5.44. The van der Waals surface area contributed by atoms with E-state index in [2.05, 4.69) is 11.9 Å². The molecule has 0 spiro atoms. The summed E-state index contributed by atoms with van der Waals surface area (Å²) in [6.45, 7) is 2.64. The molecule has 1 aromatic rings. The number of hydrogen-bond acceptors (Lipinski definition) is 5. The Kier molecular flexibility index (Phi) is 5.01. The van der Waals surface area contributed by atoms with Gasteiger partial charge in [-0.15, -0.1) is 0 Å². The van der Waals surface area contributed by atoms with Crippen LogP contribution in [-0.2, 0) is 0 Å². The van der Waals surface area contributed by atoms with Crippen LogP contribution in [0.25, 0.3) is 0 Å². The van der Waals surface area contributed by atoms with Crippen LogP contribution >= 0.6 is 11.6 Å². The average molecular weight is 284 g/mol. The standard InChI is InChI=1S/C11H10ClN3O4/c1-8(7-14(16)17)11(15(18)19)6-13-10-4-2-9(12)3-5-10/h2-6,13H,1,7H2. The summed E-state index contributed by atoms with van der Waals surface area (Å²) in [4.78, 5) is 19.7. The summed E-state index contributed by atoms with van der Waals surface area (Å²) < 4.78 is 0. The molecule has 8 heteroatoms. The van der Waals surface area contributed by atoms with Gasteiger partial charge in [-0.25, -0.2) is 0 Å². The molecule has 100 valence electrons. The summed E-state index contributed by atoms with van der Waals surface area (Å²) in [5.41, 5.74) is -0.0548. The number of nitrogens with one attached hydrogen (secondary N) is 1. The smallest absolute Gasteiger partial charge is 0.294 e. The fourth-order valence-corrected chi connectivity index (χ4v) is 1.34. The SMILES string of the molecule is C=C(C[N+](=O)[O-])C(=CNc1ccc(Cl)cc1)[N+](=O)[O-]. The van der Waals surface area contributed by atoms with Crippen molar-refractivity contribution in [3.8, 4) is 0 Å². The molecule has 0 aromatic heterocycles. The van der Waals surface area contributed by atoms with Gasteiger partial charge in [-0.1, -0.05) is 18.2 Å². The fraction of sp³-hybridized carbons (Fsp3) is 0.0909. The van der Waals surface area contributed by atoms with Gasteiger partial charge in [-0.2, -0.15) is 0 Å². The number of hydrogen-bond donors (Lipinski definition) is 1. The number of nitro groups is 2. The third-order valence-corrected chi connectivity index (χ3v) is 2.35. The van der Waals surface area contributed by atoms with Crippen LogP contribution < -0.4 is 5.32 Å². The van der Waals surface area contributed by atoms with E-state index in [1.807, 2.05) is 0 Å². The van der Waals surface area contributed by atoms with Crippen molar-refractivity contribution in [3.05, 3.63) is 73.6 Å². The third-order valence-electron chi connectivity index (χ3n) is 2.10. The van der Waals surface area contributed by atoms with E-state index in [1.165, 1.54) is 0 Å². The minimum Gasteiger partial charge on any atom is -0.356 e. The summed E-state index contributed by atoms with van der Waals surface area (Å²) in [7, 11) is 0. The third kappa shape index (κ3) is 4.76. The lowest BCUT2D eigenvalue weighted by Crippen LogP contribution is -2.11. The second-order valence-electron chi connectivity index (χ2n) is 3.53. The van der Waals surface area contributed by atoms with Gasteiger partial charge in [0.05, 0.1) is 16.7 Å². The van der Waals surface area contributed by atoms with E-state index in [0.717, 1.165) is 6.20 Å². The lowest BCUT2D eigenvalue weighted by molar-refractivity contribution is -0.477. The molecule has 7 nitrogen and oxygen atoms in total. The zero-order valence-corrected chi connectivity index (χ0v) is 10.5. The molecule has 0 amide bonds. The normalized spacial score (nSPS) is 10.9. The maximum atomic E-state index is 10.8. The molecule has 0 radical (unpaired) electrons. The van der Waals surface area contributed by atoms with Gasteiger partial charge in [0.25, 0.3) is 5.70 Å². The highest BCUT2D eigenvalue weighted by Crippen LogP contribution is 2.15. The zero-order chi connectivity index (χ0) is 14.4. The second kappa shape index (κ2) is 6.50. The highest BCUT2D eigenvalue weighted by atomic mass is 35.5. The Hall–Kier alpha value is -2.41. The van der Waals surface area contributed by atoms with Crippen molar-refractivity contribution in [1.29, 1.82) is 0 Å². The van der Waals surface area contributed by atoms with Crippen molar-refractivity contribution in [2.75, 3.05) is 11.9 Å². The van der Waals surface area contributed by atoms with Gasteiger partial charge >= 0.3 is 0 Å². The predicted octanol–water partition coefficient (Wildman–Crippen LogP) is 2.70. The van der Waals surface area contributed by atoms with Crippen LogP contribution in [0.4, 0.5) is 5.69 Å². The molecular formula is C11H10ClN3O4. The molecule has 0 saturated carbocycles. The molecule has 0 aliphatic carbocycles. The summed E-state index contributed by atoms with van der Waals surface area (Å²) in [5.74, 6) is 0. The van der Waals surface area contributed by atoms with Crippen LogP contribution in [0.5, 0.6) is 0 Å². The van der Waals surface area contributed by atoms with Crippen LogP contribution in [0.15, 0.2) is 48.3 Å². The molecule has 1 rings (SSSR count). The van der Waals surface area contributed by atoms with E-state index in [1.54, 1.807) is 24.3 Å². The molecule has 0 unspecified atom stereocenters. The Bertz CT molecular complexity index is 539. The summed E-state index contributed by atoms with van der Waals surface area (Å²) in [6, 6.07) is 6.45. The molecule has 0 aliphatic heterocycles. The lowest BCUT2D eigenvalue weighted by atomic mass is 10.2. The highest BCUT2D eigenvalue weighted by molar-refractivity contribution is 6.30. The van der Waals surface area contributed by atoms with Crippen LogP contribution in [0.2, 0.25) is 5.02 Å². The lowest BCUT2D eigenvalue weighted by Gasteiger charge is -2.02. The number of nitrogens with zero attached hydrogens (tertiary/aromatic N) is 2. The van der Waals surface area contributed by atoms with Crippen molar-refractivity contribution < 1.29 is 9.85 Å². The average Bonchev–Trinajstić information content (AvgIpc) is 2.30. The van der Waals surface area contributed by atoms with Gasteiger partial charge < -0.3 is 5.32 Å². The largest absolute Gasteiger partial charge is 0.356 e. The van der Waals surface area contributed by atoms with Crippen molar-refractivity contribution in [2.24, 2.45) is 0 Å². The predicted molar refractivity (Wildman–Crippen MR) is 71.2 cm³/mol. The topological polar surface area (TPSA) is 98.3 Å². The number of benzene rings is 1. The Morgan fingerprint density at radius 3 is 2.37 bits per heavy atom. The molecule has 1 aromatic carbocycles. The number of halogens is 1. The van der Waals surface area contributed by atoms with Crippen LogP contribution in [0.3, 0.4) is 0 Å². The van der Waals surface area contributed by atoms with E-state index < -0.39 is 22.1 Å². The van der Waals surface area contributed by atoms with Gasteiger partial charge in [-0.3, -0.25) is 20.2 Å². The van der Waals surface area contributed by atoms with Crippen molar-refractivity contribution in [2.45, 2.75) is 0 Å². The molecule has 0 atom stereocenters. The number of anilines is 1. The minimum atomic E-state index is -0.727. The van der Waals surface area contributed by atoms with Gasteiger partial charge in [0.15, 0.2) is 0 Å². The molecule has 0 bridgehead atoms. The van der Waals surface area contributed by atoms with Crippen molar-refractivity contribution >= 4 is 17.3 Å². The van der Waals surface area contributed by atoms with Crippen LogP contribution in [0.1, 0.15) is 0 Å². The van der Waals surface area contributed by atoms with E-state index in [0.29, 0.717) is 10.7 Å². The Labute approximate surface area is 113 Å². The van der Waals surface area contributed by atoms with Gasteiger partial charge in [0, 0.05) is 15.6 Å². The van der Waals surface area contributed by atoms with E-state index in [9.17, 15) is 20.2 Å². The first kappa shape index (κ1) is 14.7. The Morgan fingerprint density at radius 1 is 1.32 bits per heavy atom. The van der Waals surface area contributed by atoms with E-state index >= 15 is 0 Å². The minimum absolute atomic E-state index is 0.184. The molecular weight excluding hydrogens is 274 g/mol.